The first kappa shape index (κ1) is 15.5. The molecule has 0 aromatic carbocycles. The second-order valence-corrected chi connectivity index (χ2v) is 7.48. The Morgan fingerprint density at radius 1 is 1.25 bits per heavy atom. The molecule has 1 aromatic heterocycles. The molecule has 0 amide bonds. The Labute approximate surface area is 120 Å². The van der Waals surface area contributed by atoms with E-state index in [-0.39, 0.29) is 5.09 Å². The molecule has 1 aliphatic rings. The van der Waals surface area contributed by atoms with E-state index in [1.54, 1.807) is 13.1 Å². The highest BCUT2D eigenvalue weighted by atomic mass is 32.2. The summed E-state index contributed by atoms with van der Waals surface area (Å²) in [6, 6.07) is 3.83. The smallest absolute Gasteiger partial charge is 0.276 e. The number of furan rings is 1. The van der Waals surface area contributed by atoms with Crippen LogP contribution in [-0.4, -0.2) is 57.9 Å². The summed E-state index contributed by atoms with van der Waals surface area (Å²) in [5.74, 6) is 0.663. The monoisotopic (exact) mass is 301 g/mol. The summed E-state index contributed by atoms with van der Waals surface area (Å²) in [4.78, 5) is 1.94. The molecule has 0 atom stereocenters. The van der Waals surface area contributed by atoms with E-state index in [4.69, 9.17) is 4.42 Å². The molecule has 0 unspecified atom stereocenters. The molecular weight excluding hydrogens is 278 g/mol. The standard InChI is InChI=1S/C13H23N3O3S/c1-15(2)8-9-16(3)20(17,18)13-7-6-12(19-13)10-14-11-4-5-11/h6-7,11,14H,4-5,8-10H2,1-3H3. The third kappa shape index (κ3) is 4.05. The zero-order chi connectivity index (χ0) is 14.8. The average molecular weight is 301 g/mol. The molecule has 0 spiro atoms. The Balaban J connectivity index is 1.96. The molecule has 1 N–H and O–H groups in total. The van der Waals surface area contributed by atoms with E-state index >= 15 is 0 Å². The maximum atomic E-state index is 12.3. The first-order chi connectivity index (χ1) is 9.39. The first-order valence-electron chi connectivity index (χ1n) is 6.83. The van der Waals surface area contributed by atoms with Crippen molar-refractivity contribution in [2.24, 2.45) is 0 Å². The molecule has 1 aliphatic carbocycles. The summed E-state index contributed by atoms with van der Waals surface area (Å²) in [6.45, 7) is 1.69. The molecule has 1 heterocycles. The minimum Gasteiger partial charge on any atom is -0.447 e. The number of hydrogen-bond acceptors (Lipinski definition) is 5. The van der Waals surface area contributed by atoms with Crippen molar-refractivity contribution in [2.45, 2.75) is 30.5 Å². The molecule has 7 heteroatoms. The van der Waals surface area contributed by atoms with E-state index in [0.717, 1.165) is 0 Å². The van der Waals surface area contributed by atoms with Crippen molar-refractivity contribution in [3.63, 3.8) is 0 Å². The van der Waals surface area contributed by atoms with Gasteiger partial charge in [-0.05, 0) is 39.1 Å². The lowest BCUT2D eigenvalue weighted by Crippen LogP contribution is -2.33. The van der Waals surface area contributed by atoms with Gasteiger partial charge in [-0.2, -0.15) is 4.31 Å². The van der Waals surface area contributed by atoms with Gasteiger partial charge in [0.15, 0.2) is 0 Å². The van der Waals surface area contributed by atoms with Crippen LogP contribution >= 0.6 is 0 Å². The Morgan fingerprint density at radius 3 is 2.55 bits per heavy atom. The molecule has 1 fully saturated rings. The van der Waals surface area contributed by atoms with E-state index in [1.807, 2.05) is 19.0 Å². The molecular formula is C13H23N3O3S. The van der Waals surface area contributed by atoms with Gasteiger partial charge >= 0.3 is 0 Å². The maximum Gasteiger partial charge on any atom is 0.276 e. The quantitative estimate of drug-likeness (QED) is 0.766. The summed E-state index contributed by atoms with van der Waals surface area (Å²) < 4.78 is 31.4. The topological polar surface area (TPSA) is 65.8 Å². The lowest BCUT2D eigenvalue weighted by Gasteiger charge is -2.17. The summed E-state index contributed by atoms with van der Waals surface area (Å²) in [6.07, 6.45) is 2.39. The minimum absolute atomic E-state index is 0.0198. The highest BCUT2D eigenvalue weighted by molar-refractivity contribution is 7.89. The zero-order valence-electron chi connectivity index (χ0n) is 12.3. The fourth-order valence-electron chi connectivity index (χ4n) is 1.74. The normalized spacial score (nSPS) is 16.2. The molecule has 114 valence electrons. The molecule has 20 heavy (non-hydrogen) atoms. The Kier molecular flexibility index (Phi) is 4.85. The minimum atomic E-state index is -3.52. The van der Waals surface area contributed by atoms with Crippen LogP contribution in [0.5, 0.6) is 0 Å². The van der Waals surface area contributed by atoms with Crippen LogP contribution in [0.15, 0.2) is 21.6 Å². The van der Waals surface area contributed by atoms with Gasteiger partial charge in [-0.25, -0.2) is 8.42 Å². The van der Waals surface area contributed by atoms with Crippen LogP contribution < -0.4 is 5.32 Å². The number of nitrogens with one attached hydrogen (secondary N) is 1. The van der Waals surface area contributed by atoms with Gasteiger partial charge in [-0.1, -0.05) is 0 Å². The predicted octanol–water partition coefficient (Wildman–Crippen LogP) is 0.714. The Hall–Kier alpha value is -0.890. The second-order valence-electron chi connectivity index (χ2n) is 5.51. The van der Waals surface area contributed by atoms with Gasteiger partial charge in [0.1, 0.15) is 5.76 Å². The highest BCUT2D eigenvalue weighted by Gasteiger charge is 2.25. The van der Waals surface area contributed by atoms with Crippen LogP contribution in [0.1, 0.15) is 18.6 Å². The average Bonchev–Trinajstić information content (AvgIpc) is 3.09. The number of sulfonamides is 1. The molecule has 1 saturated carbocycles. The van der Waals surface area contributed by atoms with Gasteiger partial charge in [-0.3, -0.25) is 0 Å². The van der Waals surface area contributed by atoms with Crippen molar-refractivity contribution in [1.29, 1.82) is 0 Å². The fraction of sp³-hybridized carbons (Fsp3) is 0.692. The van der Waals surface area contributed by atoms with Crippen molar-refractivity contribution in [1.82, 2.24) is 14.5 Å². The van der Waals surface area contributed by atoms with Crippen LogP contribution in [0.4, 0.5) is 0 Å². The lowest BCUT2D eigenvalue weighted by atomic mass is 10.4. The SMILES string of the molecule is CN(C)CCN(C)S(=O)(=O)c1ccc(CNC2CC2)o1. The van der Waals surface area contributed by atoms with E-state index < -0.39 is 10.0 Å². The second kappa shape index (κ2) is 6.26. The van der Waals surface area contributed by atoms with Crippen LogP contribution in [0.25, 0.3) is 0 Å². The van der Waals surface area contributed by atoms with Crippen LogP contribution in [0.3, 0.4) is 0 Å². The summed E-state index contributed by atoms with van der Waals surface area (Å²) in [5, 5.41) is 3.32. The molecule has 2 rings (SSSR count). The van der Waals surface area contributed by atoms with Crippen molar-refractivity contribution in [3.05, 3.63) is 17.9 Å². The van der Waals surface area contributed by atoms with E-state index in [9.17, 15) is 8.42 Å². The Morgan fingerprint density at radius 2 is 1.95 bits per heavy atom. The van der Waals surface area contributed by atoms with Gasteiger partial charge < -0.3 is 14.6 Å². The lowest BCUT2D eigenvalue weighted by molar-refractivity contribution is 0.344. The molecule has 1 aromatic rings. The maximum absolute atomic E-state index is 12.3. The summed E-state index contributed by atoms with van der Waals surface area (Å²) in [7, 11) is 1.87. The molecule has 0 saturated heterocycles. The third-order valence-corrected chi connectivity index (χ3v) is 5.04. The highest BCUT2D eigenvalue weighted by Crippen LogP contribution is 2.21. The molecule has 0 radical (unpaired) electrons. The number of nitrogens with zero attached hydrogens (tertiary/aromatic N) is 2. The molecule has 0 aliphatic heterocycles. The van der Waals surface area contributed by atoms with Gasteiger partial charge in [0.2, 0.25) is 5.09 Å². The number of hydrogen-bond donors (Lipinski definition) is 1. The van der Waals surface area contributed by atoms with Crippen molar-refractivity contribution < 1.29 is 12.8 Å². The van der Waals surface area contributed by atoms with Gasteiger partial charge in [-0.15, -0.1) is 0 Å². The fourth-order valence-corrected chi connectivity index (χ4v) is 2.82. The predicted molar refractivity (Wildman–Crippen MR) is 76.9 cm³/mol. The zero-order valence-corrected chi connectivity index (χ0v) is 13.1. The summed E-state index contributed by atoms with van der Waals surface area (Å²) in [5.41, 5.74) is 0. The van der Waals surface area contributed by atoms with Crippen LogP contribution in [0, 0.1) is 0 Å². The van der Waals surface area contributed by atoms with E-state index in [1.165, 1.54) is 23.2 Å². The van der Waals surface area contributed by atoms with Crippen molar-refractivity contribution in [2.75, 3.05) is 34.2 Å². The largest absolute Gasteiger partial charge is 0.447 e. The molecule has 0 bridgehead atoms. The van der Waals surface area contributed by atoms with Gasteiger partial charge in [0.05, 0.1) is 6.54 Å². The molecule has 6 nitrogen and oxygen atoms in total. The van der Waals surface area contributed by atoms with Crippen molar-refractivity contribution in [3.8, 4) is 0 Å². The number of rotatable bonds is 8. The van der Waals surface area contributed by atoms with Crippen LogP contribution in [0.2, 0.25) is 0 Å². The first-order valence-corrected chi connectivity index (χ1v) is 8.27. The third-order valence-electron chi connectivity index (χ3n) is 3.31. The Bertz CT molecular complexity index is 535. The number of likely N-dealkylation sites (N-methyl/N-ethyl adjacent to an activating group) is 2. The van der Waals surface area contributed by atoms with Gasteiger partial charge in [0.25, 0.3) is 10.0 Å². The van der Waals surface area contributed by atoms with Crippen LogP contribution in [-0.2, 0) is 16.6 Å². The summed E-state index contributed by atoms with van der Waals surface area (Å²) >= 11 is 0. The van der Waals surface area contributed by atoms with E-state index in [0.29, 0.717) is 31.4 Å². The van der Waals surface area contributed by atoms with E-state index in [2.05, 4.69) is 5.32 Å². The van der Waals surface area contributed by atoms with Gasteiger partial charge in [0, 0.05) is 26.2 Å². The van der Waals surface area contributed by atoms with Crippen molar-refractivity contribution >= 4 is 10.0 Å².